The third kappa shape index (κ3) is 6.15. The Hall–Kier alpha value is 0.329. The monoisotopic (exact) mass is 713 g/mol. The molecule has 46 heavy (non-hydrogen) atoms. The third-order valence-electron chi connectivity index (χ3n) is 14.1. The first-order valence-corrected chi connectivity index (χ1v) is 19.8. The Balaban J connectivity index is 0.00000312. The van der Waals surface area contributed by atoms with Crippen LogP contribution < -0.4 is 56.5 Å². The van der Waals surface area contributed by atoms with Crippen LogP contribution in [-0.4, -0.2) is 55.4 Å². The second-order valence-corrected chi connectivity index (χ2v) is 17.1. The van der Waals surface area contributed by atoms with Crippen LogP contribution in [0.4, 0.5) is 0 Å². The molecule has 8 bridgehead atoms. The summed E-state index contributed by atoms with van der Waals surface area (Å²) in [6.45, 7) is 0. The predicted molar refractivity (Wildman–Crippen MR) is 157 cm³/mol. The van der Waals surface area contributed by atoms with Gasteiger partial charge in [0, 0.05) is 23.0 Å². The number of halogens is 1. The number of fused-ring (bicyclic) bond motifs is 20. The number of rotatable bonds is 2. The van der Waals surface area contributed by atoms with E-state index in [1.54, 1.807) is 0 Å². The van der Waals surface area contributed by atoms with Crippen LogP contribution >= 0.6 is 0 Å². The van der Waals surface area contributed by atoms with E-state index >= 15 is 0 Å². The van der Waals surface area contributed by atoms with Crippen LogP contribution in [0.2, 0.25) is 0 Å². The van der Waals surface area contributed by atoms with Gasteiger partial charge in [-0.15, -0.1) is 0 Å². The van der Waals surface area contributed by atoms with Gasteiger partial charge in [-0.2, -0.15) is 14.0 Å². The quantitative estimate of drug-likeness (QED) is 0.156. The van der Waals surface area contributed by atoms with Gasteiger partial charge in [-0.1, -0.05) is 38.5 Å². The van der Waals surface area contributed by atoms with Crippen molar-refractivity contribution in [3.05, 3.63) is 0 Å². The molecule has 5 aliphatic heterocycles. The van der Waals surface area contributed by atoms with Gasteiger partial charge in [0.05, 0.1) is 63.9 Å². The Kier molecular flexibility index (Phi) is 9.80. The summed E-state index contributed by atoms with van der Waals surface area (Å²) in [7, 11) is -4.49. The molecular weight excluding hydrogens is 659 g/mol. The van der Waals surface area contributed by atoms with Crippen molar-refractivity contribution < 1.29 is 45.6 Å². The number of nitrogens with one attached hydrogen (secondary N) is 8. The number of hydrogen-bond acceptors (Lipinski definition) is 12. The largest absolute Gasteiger partial charge is 0.286 e. The summed E-state index contributed by atoms with van der Waals surface area (Å²) < 4.78 is 41.0. The Morgan fingerprint density at radius 1 is 0.370 bits per heavy atom. The molecule has 0 spiro atoms. The van der Waals surface area contributed by atoms with Gasteiger partial charge >= 0.3 is 0 Å². The van der Waals surface area contributed by atoms with Crippen molar-refractivity contribution in [1.29, 1.82) is 0 Å². The molecule has 0 aromatic carbocycles. The first-order chi connectivity index (χ1) is 21.9. The molecule has 17 unspecified atom stereocenters. The van der Waals surface area contributed by atoms with E-state index in [-0.39, 0.29) is 72.1 Å². The maximum atomic E-state index is 11.9. The molecule has 14 heteroatoms. The molecule has 1 radical (unpaired) electrons. The Morgan fingerprint density at radius 2 is 0.652 bits per heavy atom. The maximum Gasteiger partial charge on any atom is 0.219 e. The molecule has 9 fully saturated rings. The van der Waals surface area contributed by atoms with Crippen LogP contribution in [0.1, 0.15) is 96.3 Å². The SMILES string of the molecule is [Cu].[O-][Cl+3]([O-])([O-])OC1CCCC2C3NC4NC(NC5NC(NC6NC(NC(N3)C12)C1CCCCC61)C1CCCCC51)C1CCCCC41. The minimum absolute atomic E-state index is 0. The second kappa shape index (κ2) is 13.5. The molecule has 5 heterocycles. The van der Waals surface area contributed by atoms with Crippen molar-refractivity contribution in [3.8, 4) is 0 Å². The van der Waals surface area contributed by atoms with Gasteiger partial charge in [-0.3, -0.25) is 42.5 Å². The van der Waals surface area contributed by atoms with E-state index in [0.717, 1.165) is 12.8 Å². The van der Waals surface area contributed by atoms with E-state index in [4.69, 9.17) is 4.29 Å². The standard InChI is InChI=1S/C32H55ClN8O4.Cu/c42-33(43,44)45-23-15-7-14-22-24(23)32-40-30-21-13-6-5-12-20(21)28(38-30)36-26-17-9-2-1-8-16(17)25(34-26)35-27-18-10-3-4-11-19(18)29(37-27)39-31(22)41-32;/h16-32,34-41H,1-15H2;. The normalized spacial score (nSPS) is 53.4. The van der Waals surface area contributed by atoms with Gasteiger partial charge in [-0.25, -0.2) is 0 Å². The average molecular weight is 715 g/mol. The summed E-state index contributed by atoms with van der Waals surface area (Å²) in [6, 6.07) is 0. The van der Waals surface area contributed by atoms with Crippen molar-refractivity contribution in [2.75, 3.05) is 0 Å². The molecule has 265 valence electrons. The van der Waals surface area contributed by atoms with Crippen LogP contribution in [0.5, 0.6) is 0 Å². The molecule has 4 saturated carbocycles. The molecule has 5 saturated heterocycles. The Labute approximate surface area is 286 Å². The first kappa shape index (κ1) is 33.5. The summed E-state index contributed by atoms with van der Waals surface area (Å²) in [5, 5.41) is 32.5. The molecule has 12 nitrogen and oxygen atoms in total. The molecule has 4 aliphatic carbocycles. The predicted octanol–water partition coefficient (Wildman–Crippen LogP) is -1.50. The van der Waals surface area contributed by atoms with Gasteiger partial charge < -0.3 is 0 Å². The molecular formula is C32H55ClCuN8O4. The molecule has 17 atom stereocenters. The van der Waals surface area contributed by atoms with Crippen molar-refractivity contribution >= 4 is 0 Å². The molecule has 0 aromatic heterocycles. The topological polar surface area (TPSA) is 175 Å². The van der Waals surface area contributed by atoms with Crippen molar-refractivity contribution in [2.45, 2.75) is 152 Å². The van der Waals surface area contributed by atoms with Crippen LogP contribution in [0.25, 0.3) is 0 Å². The van der Waals surface area contributed by atoms with Gasteiger partial charge in [0.15, 0.2) is 0 Å². The maximum absolute atomic E-state index is 11.9. The smallest absolute Gasteiger partial charge is 0.219 e. The van der Waals surface area contributed by atoms with Gasteiger partial charge in [0.25, 0.3) is 0 Å². The zero-order chi connectivity index (χ0) is 30.3. The van der Waals surface area contributed by atoms with Crippen LogP contribution in [-0.2, 0) is 21.4 Å². The fourth-order valence-electron chi connectivity index (χ4n) is 12.2. The first-order valence-electron chi connectivity index (χ1n) is 18.6. The van der Waals surface area contributed by atoms with Crippen LogP contribution in [0, 0.1) is 57.6 Å². The molecule has 9 aliphatic rings. The molecule has 8 N–H and O–H groups in total. The van der Waals surface area contributed by atoms with Crippen molar-refractivity contribution in [3.63, 3.8) is 0 Å². The summed E-state index contributed by atoms with van der Waals surface area (Å²) in [4.78, 5) is 0. The number of hydrogen-bond donors (Lipinski definition) is 8. The van der Waals surface area contributed by atoms with Crippen molar-refractivity contribution in [2.24, 2.45) is 47.3 Å². The van der Waals surface area contributed by atoms with E-state index in [1.807, 2.05) is 0 Å². The minimum atomic E-state index is -4.49. The van der Waals surface area contributed by atoms with Crippen molar-refractivity contribution in [1.82, 2.24) is 42.5 Å². The van der Waals surface area contributed by atoms with E-state index in [1.165, 1.54) is 77.0 Å². The van der Waals surface area contributed by atoms with Crippen LogP contribution in [0.15, 0.2) is 0 Å². The fourth-order valence-corrected chi connectivity index (χ4v) is 12.7. The van der Waals surface area contributed by atoms with Gasteiger partial charge in [0.2, 0.25) is 6.10 Å². The molecule has 0 amide bonds. The van der Waals surface area contributed by atoms with E-state index < -0.39 is 16.3 Å². The summed E-state index contributed by atoms with van der Waals surface area (Å²) in [5.41, 5.74) is 0. The van der Waals surface area contributed by atoms with Gasteiger partial charge in [0.1, 0.15) is 0 Å². The fraction of sp³-hybridized carbons (Fsp3) is 1.00. The zero-order valence-corrected chi connectivity index (χ0v) is 28.4. The van der Waals surface area contributed by atoms with E-state index in [2.05, 4.69) is 42.5 Å². The Bertz CT molecular complexity index is 1080. The third-order valence-corrected chi connectivity index (χ3v) is 14.5. The van der Waals surface area contributed by atoms with E-state index in [0.29, 0.717) is 48.1 Å². The summed E-state index contributed by atoms with van der Waals surface area (Å²) in [6.07, 6.45) is 18.2. The Morgan fingerprint density at radius 3 is 0.978 bits per heavy atom. The summed E-state index contributed by atoms with van der Waals surface area (Å²) >= 11 is 0. The minimum Gasteiger partial charge on any atom is -0.286 e. The second-order valence-electron chi connectivity index (χ2n) is 16.2. The zero-order valence-electron chi connectivity index (χ0n) is 26.7. The molecule has 9 rings (SSSR count). The van der Waals surface area contributed by atoms with Gasteiger partial charge in [-0.05, 0) is 99.2 Å². The van der Waals surface area contributed by atoms with E-state index in [9.17, 15) is 14.0 Å². The molecule has 0 aromatic rings. The average Bonchev–Trinajstić information content (AvgIpc) is 3.76. The summed E-state index contributed by atoms with van der Waals surface area (Å²) in [5.74, 6) is 3.52. The van der Waals surface area contributed by atoms with Crippen LogP contribution in [0.3, 0.4) is 0 Å².